The van der Waals surface area contributed by atoms with Crippen molar-refractivity contribution in [3.8, 4) is 0 Å². The van der Waals surface area contributed by atoms with E-state index in [1.54, 1.807) is 26.3 Å². The molecule has 0 aromatic carbocycles. The second-order valence-electron chi connectivity index (χ2n) is 4.70. The van der Waals surface area contributed by atoms with E-state index in [0.717, 1.165) is 18.5 Å². The van der Waals surface area contributed by atoms with Crippen molar-refractivity contribution < 1.29 is 14.3 Å². The van der Waals surface area contributed by atoms with Gasteiger partial charge < -0.3 is 20.1 Å². The Labute approximate surface area is 126 Å². The maximum atomic E-state index is 12.0. The van der Waals surface area contributed by atoms with Crippen molar-refractivity contribution in [2.75, 3.05) is 45.8 Å². The molecule has 2 N–H and O–H groups in total. The summed E-state index contributed by atoms with van der Waals surface area (Å²) in [4.78, 5) is 16.3. The van der Waals surface area contributed by atoms with Gasteiger partial charge in [-0.3, -0.25) is 4.79 Å². The van der Waals surface area contributed by atoms with Gasteiger partial charge in [-0.1, -0.05) is 0 Å². The quantitative estimate of drug-likeness (QED) is 0.642. The smallest absolute Gasteiger partial charge is 0.251 e. The minimum Gasteiger partial charge on any atom is -0.382 e. The maximum absolute atomic E-state index is 12.0. The average Bonchev–Trinajstić information content (AvgIpc) is 2.49. The fraction of sp³-hybridized carbons (Fsp3) is 0.600. The zero-order valence-electron chi connectivity index (χ0n) is 13.1. The van der Waals surface area contributed by atoms with Gasteiger partial charge in [0.2, 0.25) is 0 Å². The molecule has 0 fully saturated rings. The largest absolute Gasteiger partial charge is 0.382 e. The average molecular weight is 295 g/mol. The van der Waals surface area contributed by atoms with Crippen molar-refractivity contribution in [2.24, 2.45) is 0 Å². The molecule has 118 valence electrons. The summed E-state index contributed by atoms with van der Waals surface area (Å²) in [5.41, 5.74) is 1.45. The molecule has 6 nitrogen and oxygen atoms in total. The van der Waals surface area contributed by atoms with E-state index >= 15 is 0 Å². The van der Waals surface area contributed by atoms with Crippen molar-refractivity contribution in [3.05, 3.63) is 23.4 Å². The Bertz CT molecular complexity index is 438. The van der Waals surface area contributed by atoms with E-state index < -0.39 is 0 Å². The monoisotopic (exact) mass is 295 g/mol. The Morgan fingerprint density at radius 2 is 2.05 bits per heavy atom. The van der Waals surface area contributed by atoms with Gasteiger partial charge in [-0.15, -0.1) is 0 Å². The number of carbonyl (C=O) groups is 1. The first-order valence-electron chi connectivity index (χ1n) is 7.18. The maximum Gasteiger partial charge on any atom is 0.251 e. The van der Waals surface area contributed by atoms with Crippen LogP contribution in [0.1, 0.15) is 28.9 Å². The third kappa shape index (κ3) is 7.06. The number of hydrogen-bond acceptors (Lipinski definition) is 5. The van der Waals surface area contributed by atoms with Crippen LogP contribution >= 0.6 is 0 Å². The number of nitrogens with one attached hydrogen (secondary N) is 2. The van der Waals surface area contributed by atoms with Crippen molar-refractivity contribution in [2.45, 2.75) is 19.8 Å². The number of anilines is 1. The van der Waals surface area contributed by atoms with Gasteiger partial charge in [-0.25, -0.2) is 4.98 Å². The number of amides is 1. The van der Waals surface area contributed by atoms with Crippen LogP contribution in [0.4, 0.5) is 5.82 Å². The van der Waals surface area contributed by atoms with E-state index in [2.05, 4.69) is 15.6 Å². The first kappa shape index (κ1) is 17.4. The van der Waals surface area contributed by atoms with Gasteiger partial charge in [0.1, 0.15) is 5.82 Å². The Hall–Kier alpha value is -1.66. The second-order valence-corrected chi connectivity index (χ2v) is 4.70. The summed E-state index contributed by atoms with van der Waals surface area (Å²) in [6, 6.07) is 3.53. The van der Waals surface area contributed by atoms with E-state index in [1.807, 2.05) is 6.92 Å². The highest BCUT2D eigenvalue weighted by Gasteiger charge is 2.07. The van der Waals surface area contributed by atoms with Crippen molar-refractivity contribution in [1.29, 1.82) is 0 Å². The van der Waals surface area contributed by atoms with Crippen LogP contribution in [0.3, 0.4) is 0 Å². The van der Waals surface area contributed by atoms with Gasteiger partial charge in [0.25, 0.3) is 5.91 Å². The van der Waals surface area contributed by atoms with Crippen LogP contribution in [0, 0.1) is 6.92 Å². The molecule has 6 heteroatoms. The van der Waals surface area contributed by atoms with Crippen LogP contribution in [0.5, 0.6) is 0 Å². The fourth-order valence-corrected chi connectivity index (χ4v) is 1.81. The molecule has 0 unspecified atom stereocenters. The van der Waals surface area contributed by atoms with E-state index in [4.69, 9.17) is 9.47 Å². The van der Waals surface area contributed by atoms with E-state index in [9.17, 15) is 4.79 Å². The van der Waals surface area contributed by atoms with Crippen molar-refractivity contribution in [3.63, 3.8) is 0 Å². The number of carbonyl (C=O) groups excluding carboxylic acids is 1. The highest BCUT2D eigenvalue weighted by molar-refractivity contribution is 5.94. The molecule has 21 heavy (non-hydrogen) atoms. The highest BCUT2D eigenvalue weighted by atomic mass is 16.5. The number of ether oxygens (including phenoxy) is 2. The molecule has 0 spiro atoms. The highest BCUT2D eigenvalue weighted by Crippen LogP contribution is 2.09. The predicted octanol–water partition coefficient (Wildman–Crippen LogP) is 1.60. The molecule has 1 aromatic heterocycles. The third-order valence-electron chi connectivity index (χ3n) is 2.90. The third-order valence-corrected chi connectivity index (χ3v) is 2.90. The van der Waals surface area contributed by atoms with Gasteiger partial charge in [-0.2, -0.15) is 0 Å². The molecule has 0 radical (unpaired) electrons. The minimum atomic E-state index is -0.0719. The lowest BCUT2D eigenvalue weighted by Crippen LogP contribution is -2.25. The topological polar surface area (TPSA) is 72.5 Å². The summed E-state index contributed by atoms with van der Waals surface area (Å²) < 4.78 is 10.2. The summed E-state index contributed by atoms with van der Waals surface area (Å²) in [5, 5.41) is 5.85. The van der Waals surface area contributed by atoms with Crippen LogP contribution in [-0.2, 0) is 9.47 Å². The molecule has 0 saturated heterocycles. The number of rotatable bonds is 10. The predicted molar refractivity (Wildman–Crippen MR) is 82.8 cm³/mol. The second kappa shape index (κ2) is 10.1. The number of nitrogens with zero attached hydrogens (tertiary/aromatic N) is 1. The summed E-state index contributed by atoms with van der Waals surface area (Å²) >= 11 is 0. The summed E-state index contributed by atoms with van der Waals surface area (Å²) in [7, 11) is 3.44. The molecule has 1 aromatic rings. The summed E-state index contributed by atoms with van der Waals surface area (Å²) in [6.45, 7) is 4.44. The molecule has 1 heterocycles. The number of methoxy groups -OCH3 is 1. The van der Waals surface area contributed by atoms with E-state index in [1.165, 1.54) is 0 Å². The van der Waals surface area contributed by atoms with Crippen LogP contribution in [0.2, 0.25) is 0 Å². The first-order valence-corrected chi connectivity index (χ1v) is 7.18. The Balaban J connectivity index is 2.23. The van der Waals surface area contributed by atoms with E-state index in [-0.39, 0.29) is 5.91 Å². The molecule has 0 atom stereocenters. The van der Waals surface area contributed by atoms with E-state index in [0.29, 0.717) is 37.7 Å². The minimum absolute atomic E-state index is 0.0719. The Morgan fingerprint density at radius 3 is 2.76 bits per heavy atom. The number of unbranched alkanes of at least 4 members (excludes halogenated alkanes) is 1. The molecule has 0 aliphatic heterocycles. The summed E-state index contributed by atoms with van der Waals surface area (Å²) in [6.07, 6.45) is 1.81. The molecule has 1 rings (SSSR count). The van der Waals surface area contributed by atoms with Gasteiger partial charge >= 0.3 is 0 Å². The Kier molecular flexibility index (Phi) is 8.38. The van der Waals surface area contributed by atoms with Crippen LogP contribution in [0.25, 0.3) is 0 Å². The number of pyridine rings is 1. The van der Waals surface area contributed by atoms with Gasteiger partial charge in [0.15, 0.2) is 0 Å². The lowest BCUT2D eigenvalue weighted by atomic mass is 10.2. The lowest BCUT2D eigenvalue weighted by molar-refractivity contribution is 0.0686. The summed E-state index contributed by atoms with van der Waals surface area (Å²) in [5.74, 6) is 0.629. The molecular weight excluding hydrogens is 270 g/mol. The fourth-order valence-electron chi connectivity index (χ4n) is 1.81. The van der Waals surface area contributed by atoms with Crippen molar-refractivity contribution >= 4 is 11.7 Å². The molecule has 1 amide bonds. The zero-order valence-corrected chi connectivity index (χ0v) is 13.1. The standard InChI is InChI=1S/C15H25N3O3/c1-12-10-13(11-14(16-2)18-12)15(19)17-6-4-5-7-21-9-8-20-3/h10-11H,4-9H2,1-3H3,(H,16,18)(H,17,19). The first-order chi connectivity index (χ1) is 10.2. The molecule has 0 aliphatic carbocycles. The van der Waals surface area contributed by atoms with Crippen molar-refractivity contribution in [1.82, 2.24) is 10.3 Å². The number of hydrogen-bond donors (Lipinski definition) is 2. The molecule has 0 saturated carbocycles. The lowest BCUT2D eigenvalue weighted by Gasteiger charge is -2.08. The van der Waals surface area contributed by atoms with Gasteiger partial charge in [0, 0.05) is 38.6 Å². The molecule has 0 aliphatic rings. The van der Waals surface area contributed by atoms with Crippen LogP contribution in [0.15, 0.2) is 12.1 Å². The van der Waals surface area contributed by atoms with Crippen LogP contribution < -0.4 is 10.6 Å². The molecular formula is C15H25N3O3. The SMILES string of the molecule is CNc1cc(C(=O)NCCCCOCCOC)cc(C)n1. The normalized spacial score (nSPS) is 10.4. The van der Waals surface area contributed by atoms with Gasteiger partial charge in [0.05, 0.1) is 13.2 Å². The number of aryl methyl sites for hydroxylation is 1. The zero-order chi connectivity index (χ0) is 15.5. The van der Waals surface area contributed by atoms with Gasteiger partial charge in [-0.05, 0) is 31.9 Å². The Morgan fingerprint density at radius 1 is 1.24 bits per heavy atom. The molecule has 0 bridgehead atoms. The number of aromatic nitrogens is 1. The van der Waals surface area contributed by atoms with Crippen LogP contribution in [-0.4, -0.2) is 51.4 Å².